The van der Waals surface area contributed by atoms with Crippen molar-refractivity contribution in [2.75, 3.05) is 16.0 Å². The molecule has 140 valence electrons. The molecule has 0 unspecified atom stereocenters. The first-order valence-electron chi connectivity index (χ1n) is 8.55. The number of benzene rings is 1. The van der Waals surface area contributed by atoms with E-state index >= 15 is 0 Å². The molecular weight excluding hydrogens is 371 g/mol. The summed E-state index contributed by atoms with van der Waals surface area (Å²) >= 11 is 1.28. The second kappa shape index (κ2) is 6.80. The summed E-state index contributed by atoms with van der Waals surface area (Å²) in [6.45, 7) is 1.38. The van der Waals surface area contributed by atoms with Gasteiger partial charge in [0.05, 0.1) is 22.5 Å². The van der Waals surface area contributed by atoms with Gasteiger partial charge in [0.1, 0.15) is 18.0 Å². The number of amides is 2. The van der Waals surface area contributed by atoms with Crippen LogP contribution in [-0.2, 0) is 16.1 Å². The Labute approximate surface area is 158 Å². The summed E-state index contributed by atoms with van der Waals surface area (Å²) < 4.78 is 14.9. The Hall–Kier alpha value is -2.68. The highest BCUT2D eigenvalue weighted by Crippen LogP contribution is 2.38. The van der Waals surface area contributed by atoms with Gasteiger partial charge in [-0.1, -0.05) is 6.07 Å². The zero-order valence-electron chi connectivity index (χ0n) is 14.6. The number of halogens is 1. The summed E-state index contributed by atoms with van der Waals surface area (Å²) in [6.07, 6.45) is 3.23. The number of carbonyl (C=O) groups excluding carboxylic acids is 2. The third-order valence-electron chi connectivity index (χ3n) is 4.45. The van der Waals surface area contributed by atoms with Crippen molar-refractivity contribution in [3.63, 3.8) is 0 Å². The number of aromatic nitrogens is 2. The molecule has 2 heterocycles. The van der Waals surface area contributed by atoms with Crippen molar-refractivity contribution in [3.8, 4) is 0 Å². The second-order valence-electron chi connectivity index (χ2n) is 6.64. The van der Waals surface area contributed by atoms with Gasteiger partial charge in [0.15, 0.2) is 0 Å². The number of anilines is 2. The topological polar surface area (TPSA) is 84.3 Å². The fourth-order valence-corrected chi connectivity index (χ4v) is 3.87. The fraction of sp³-hybridized carbons (Fsp3) is 0.333. The number of fused-ring (bicyclic) bond motifs is 1. The molecule has 1 aliphatic heterocycles. The maximum atomic E-state index is 13.9. The zero-order valence-corrected chi connectivity index (χ0v) is 15.4. The van der Waals surface area contributed by atoms with E-state index in [2.05, 4.69) is 10.4 Å². The number of carbonyl (C=O) groups is 2. The van der Waals surface area contributed by atoms with Crippen molar-refractivity contribution in [1.82, 2.24) is 9.78 Å². The van der Waals surface area contributed by atoms with Gasteiger partial charge in [-0.05, 0) is 37.5 Å². The van der Waals surface area contributed by atoms with Gasteiger partial charge in [0.2, 0.25) is 11.8 Å². The van der Waals surface area contributed by atoms with Gasteiger partial charge in [0.25, 0.3) is 5.56 Å². The maximum absolute atomic E-state index is 13.9. The molecule has 2 amide bonds. The summed E-state index contributed by atoms with van der Waals surface area (Å²) in [5.74, 6) is -0.936. The van der Waals surface area contributed by atoms with Crippen molar-refractivity contribution >= 4 is 35.0 Å². The number of nitrogens with one attached hydrogen (secondary N) is 1. The largest absolute Gasteiger partial charge is 0.322 e. The summed E-state index contributed by atoms with van der Waals surface area (Å²) in [7, 11) is 0. The summed E-state index contributed by atoms with van der Waals surface area (Å²) in [6, 6.07) is 4.51. The van der Waals surface area contributed by atoms with Crippen molar-refractivity contribution in [1.29, 1.82) is 0 Å². The van der Waals surface area contributed by atoms with Gasteiger partial charge in [-0.15, -0.1) is 11.8 Å². The first kappa shape index (κ1) is 17.7. The highest BCUT2D eigenvalue weighted by Gasteiger charge is 2.39. The van der Waals surface area contributed by atoms with Gasteiger partial charge in [-0.25, -0.2) is 9.07 Å². The van der Waals surface area contributed by atoms with E-state index in [4.69, 9.17) is 0 Å². The molecule has 2 aliphatic rings. The molecule has 1 aromatic carbocycles. The fourth-order valence-electron chi connectivity index (χ4n) is 3.00. The molecule has 1 N–H and O–H groups in total. The van der Waals surface area contributed by atoms with Crippen LogP contribution in [-0.4, -0.2) is 33.4 Å². The van der Waals surface area contributed by atoms with Crippen LogP contribution in [0.25, 0.3) is 0 Å². The molecule has 2 aromatic rings. The van der Waals surface area contributed by atoms with Crippen LogP contribution in [0.5, 0.6) is 0 Å². The number of aryl methyl sites for hydroxylation is 1. The number of thioether (sulfide) groups is 1. The molecule has 1 saturated carbocycles. The first-order valence-corrected chi connectivity index (χ1v) is 9.53. The van der Waals surface area contributed by atoms with Crippen molar-refractivity contribution in [3.05, 3.63) is 46.1 Å². The van der Waals surface area contributed by atoms with Crippen LogP contribution >= 0.6 is 11.8 Å². The normalized spacial score (nSPS) is 16.2. The highest BCUT2D eigenvalue weighted by molar-refractivity contribution is 8.00. The van der Waals surface area contributed by atoms with Crippen LogP contribution in [0.2, 0.25) is 0 Å². The van der Waals surface area contributed by atoms with Gasteiger partial charge in [-0.2, -0.15) is 5.10 Å². The average molecular weight is 388 g/mol. The van der Waals surface area contributed by atoms with E-state index < -0.39 is 17.3 Å². The van der Waals surface area contributed by atoms with Crippen LogP contribution in [0.15, 0.2) is 34.1 Å². The predicted molar refractivity (Wildman–Crippen MR) is 99.5 cm³/mol. The number of hydrogen-bond acceptors (Lipinski definition) is 5. The van der Waals surface area contributed by atoms with E-state index in [0.29, 0.717) is 10.6 Å². The van der Waals surface area contributed by atoms with Crippen molar-refractivity contribution in [2.45, 2.75) is 37.2 Å². The van der Waals surface area contributed by atoms with Crippen LogP contribution in [0.4, 0.5) is 15.8 Å². The standard InChI is InChI=1S/C18H17FN4O3S/c1-10-2-5-13(12(19)6-10)21-15(24)8-22-18(26)17-14(7-20-22)27-9-16(25)23(17)11-3-4-11/h2,5-7,11H,3-4,8-9H2,1H3,(H,21,24). The molecule has 9 heteroatoms. The first-order chi connectivity index (χ1) is 12.9. The van der Waals surface area contributed by atoms with Gasteiger partial charge in [0, 0.05) is 6.04 Å². The molecule has 1 aromatic heterocycles. The molecule has 0 atom stereocenters. The minimum atomic E-state index is -0.569. The lowest BCUT2D eigenvalue weighted by Crippen LogP contribution is -2.43. The number of hydrogen-bond donors (Lipinski definition) is 1. The Morgan fingerprint density at radius 1 is 1.37 bits per heavy atom. The number of rotatable bonds is 4. The average Bonchev–Trinajstić information content (AvgIpc) is 3.45. The zero-order chi connectivity index (χ0) is 19.1. The SMILES string of the molecule is Cc1ccc(NC(=O)Cn2ncc3c(c2=O)N(C2CC2)C(=O)CS3)c(F)c1. The van der Waals surface area contributed by atoms with Crippen LogP contribution in [0.3, 0.4) is 0 Å². The molecule has 4 rings (SSSR count). The van der Waals surface area contributed by atoms with E-state index in [-0.39, 0.29) is 29.9 Å². The van der Waals surface area contributed by atoms with Crippen molar-refractivity contribution in [2.24, 2.45) is 0 Å². The van der Waals surface area contributed by atoms with Crippen LogP contribution in [0.1, 0.15) is 18.4 Å². The Morgan fingerprint density at radius 2 is 2.15 bits per heavy atom. The quantitative estimate of drug-likeness (QED) is 0.865. The smallest absolute Gasteiger partial charge is 0.292 e. The lowest BCUT2D eigenvalue weighted by Gasteiger charge is -2.28. The molecule has 7 nitrogen and oxygen atoms in total. The predicted octanol–water partition coefficient (Wildman–Crippen LogP) is 1.93. The molecular formula is C18H17FN4O3S. The summed E-state index contributed by atoms with van der Waals surface area (Å²) in [5.41, 5.74) is 0.588. The van der Waals surface area contributed by atoms with E-state index in [0.717, 1.165) is 23.1 Å². The van der Waals surface area contributed by atoms with E-state index in [1.165, 1.54) is 30.1 Å². The molecule has 0 radical (unpaired) electrons. The Kier molecular flexibility index (Phi) is 4.47. The second-order valence-corrected chi connectivity index (χ2v) is 7.65. The number of nitrogens with zero attached hydrogens (tertiary/aromatic N) is 3. The minimum Gasteiger partial charge on any atom is -0.322 e. The Morgan fingerprint density at radius 3 is 2.85 bits per heavy atom. The van der Waals surface area contributed by atoms with Crippen molar-refractivity contribution < 1.29 is 14.0 Å². The molecule has 0 bridgehead atoms. The molecule has 1 aliphatic carbocycles. The third-order valence-corrected chi connectivity index (χ3v) is 5.45. The van der Waals surface area contributed by atoms with Gasteiger partial charge < -0.3 is 10.2 Å². The maximum Gasteiger partial charge on any atom is 0.292 e. The Bertz CT molecular complexity index is 1000. The highest BCUT2D eigenvalue weighted by atomic mass is 32.2. The summed E-state index contributed by atoms with van der Waals surface area (Å²) in [5, 5.41) is 6.49. The lowest BCUT2D eigenvalue weighted by molar-refractivity contribution is -0.117. The molecule has 1 fully saturated rings. The summed E-state index contributed by atoms with van der Waals surface area (Å²) in [4.78, 5) is 39.5. The Balaban J connectivity index is 1.59. The van der Waals surface area contributed by atoms with E-state index in [1.807, 2.05) is 0 Å². The monoisotopic (exact) mass is 388 g/mol. The molecule has 0 saturated heterocycles. The molecule has 0 spiro atoms. The molecule has 27 heavy (non-hydrogen) atoms. The van der Waals surface area contributed by atoms with Crippen LogP contribution in [0, 0.1) is 12.7 Å². The van der Waals surface area contributed by atoms with E-state index in [9.17, 15) is 18.8 Å². The third kappa shape index (κ3) is 3.46. The van der Waals surface area contributed by atoms with Gasteiger partial charge >= 0.3 is 0 Å². The minimum absolute atomic E-state index is 0.0435. The lowest BCUT2D eigenvalue weighted by atomic mass is 10.2. The van der Waals surface area contributed by atoms with Gasteiger partial charge in [-0.3, -0.25) is 14.4 Å². The van der Waals surface area contributed by atoms with Crippen LogP contribution < -0.4 is 15.8 Å². The van der Waals surface area contributed by atoms with E-state index in [1.54, 1.807) is 17.9 Å².